The van der Waals surface area contributed by atoms with Crippen molar-refractivity contribution in [2.24, 2.45) is 11.5 Å². The number of carbonyl (C=O) groups is 2. The number of aldehydes is 1. The molecule has 1 heterocycles. The molecule has 6 nitrogen and oxygen atoms in total. The lowest BCUT2D eigenvalue weighted by Gasteiger charge is -2.17. The Morgan fingerprint density at radius 1 is 0.854 bits per heavy atom. The molecule has 1 aliphatic rings. The molecular formula is C42H52N4O2. The Morgan fingerprint density at radius 2 is 1.40 bits per heavy atom. The summed E-state index contributed by atoms with van der Waals surface area (Å²) in [6.45, 7) is 12.8. The molecule has 252 valence electrons. The van der Waals surface area contributed by atoms with Crippen molar-refractivity contribution in [3.8, 4) is 11.1 Å². The van der Waals surface area contributed by atoms with Crippen LogP contribution in [0.2, 0.25) is 0 Å². The molecule has 5 aromatic rings. The fourth-order valence-corrected chi connectivity index (χ4v) is 5.79. The summed E-state index contributed by atoms with van der Waals surface area (Å²) >= 11 is 0. The molecule has 1 aliphatic carbocycles. The highest BCUT2D eigenvalue weighted by atomic mass is 16.1. The summed E-state index contributed by atoms with van der Waals surface area (Å²) in [4.78, 5) is 21.1. The zero-order valence-electron chi connectivity index (χ0n) is 28.8. The van der Waals surface area contributed by atoms with E-state index in [0.717, 1.165) is 43.2 Å². The summed E-state index contributed by atoms with van der Waals surface area (Å²) in [5.41, 5.74) is 21.8. The number of carbonyl (C=O) groups excluding carboxylic acids is 2. The number of H-pyrrole nitrogens is 1. The molecule has 0 amide bonds. The number of hydrogen-bond donors (Lipinski definition) is 4. The van der Waals surface area contributed by atoms with Crippen LogP contribution in [0, 0.1) is 0 Å². The van der Waals surface area contributed by atoms with Gasteiger partial charge in [-0.05, 0) is 72.8 Å². The molecule has 0 spiro atoms. The van der Waals surface area contributed by atoms with E-state index in [-0.39, 0.29) is 5.92 Å². The number of rotatable bonds is 10. The van der Waals surface area contributed by atoms with Gasteiger partial charge < -0.3 is 31.4 Å². The Kier molecular flexibility index (Phi) is 17.7. The second kappa shape index (κ2) is 21.7. The maximum absolute atomic E-state index is 9.78. The van der Waals surface area contributed by atoms with Gasteiger partial charge in [0.25, 0.3) is 0 Å². The number of likely N-dealkylation sites (N-methyl/N-ethyl adjacent to an activating group) is 1. The van der Waals surface area contributed by atoms with E-state index in [2.05, 4.69) is 114 Å². The molecule has 0 fully saturated rings. The van der Waals surface area contributed by atoms with Crippen molar-refractivity contribution in [3.05, 3.63) is 156 Å². The molecule has 4 aromatic carbocycles. The van der Waals surface area contributed by atoms with Gasteiger partial charge in [-0.2, -0.15) is 0 Å². The lowest BCUT2D eigenvalue weighted by atomic mass is 9.90. The number of hydrogen-bond acceptors (Lipinski definition) is 5. The van der Waals surface area contributed by atoms with Crippen LogP contribution in [0.25, 0.3) is 22.0 Å². The molecule has 0 aliphatic heterocycles. The van der Waals surface area contributed by atoms with E-state index in [4.69, 9.17) is 10.5 Å². The second-order valence-corrected chi connectivity index (χ2v) is 11.2. The molecular weight excluding hydrogens is 592 g/mol. The minimum absolute atomic E-state index is 0.149. The zero-order valence-corrected chi connectivity index (χ0v) is 28.8. The maximum atomic E-state index is 9.78. The molecule has 6 rings (SSSR count). The van der Waals surface area contributed by atoms with Crippen molar-refractivity contribution >= 4 is 24.0 Å². The molecule has 6 heteroatoms. The second-order valence-electron chi connectivity index (χ2n) is 11.2. The molecule has 6 N–H and O–H groups in total. The summed E-state index contributed by atoms with van der Waals surface area (Å²) < 4.78 is 0. The number of para-hydroxylation sites is 1. The first-order valence-electron chi connectivity index (χ1n) is 16.3. The van der Waals surface area contributed by atoms with Crippen LogP contribution in [-0.2, 0) is 16.0 Å². The Morgan fingerprint density at radius 3 is 1.94 bits per heavy atom. The summed E-state index contributed by atoms with van der Waals surface area (Å²) in [5, 5.41) is 4.55. The van der Waals surface area contributed by atoms with E-state index in [0.29, 0.717) is 18.0 Å². The highest BCUT2D eigenvalue weighted by molar-refractivity contribution is 5.83. The molecule has 0 saturated carbocycles. The lowest BCUT2D eigenvalue weighted by molar-refractivity contribution is -0.107. The van der Waals surface area contributed by atoms with Crippen LogP contribution < -0.4 is 16.8 Å². The van der Waals surface area contributed by atoms with Gasteiger partial charge in [0, 0.05) is 47.6 Å². The van der Waals surface area contributed by atoms with Gasteiger partial charge in [-0.3, -0.25) is 0 Å². The van der Waals surface area contributed by atoms with Crippen molar-refractivity contribution in [2.75, 3.05) is 20.6 Å². The van der Waals surface area contributed by atoms with E-state index in [1.54, 1.807) is 0 Å². The fraction of sp³-hybridized carbons (Fsp3) is 0.238. The van der Waals surface area contributed by atoms with Crippen molar-refractivity contribution < 1.29 is 9.59 Å². The number of aromatic nitrogens is 1. The van der Waals surface area contributed by atoms with E-state index in [1.165, 1.54) is 45.8 Å². The van der Waals surface area contributed by atoms with Crippen LogP contribution in [0.15, 0.2) is 134 Å². The number of nitrogens with one attached hydrogen (secondary N) is 2. The Balaban J connectivity index is 0.000000256. The van der Waals surface area contributed by atoms with Gasteiger partial charge in [0.05, 0.1) is 0 Å². The van der Waals surface area contributed by atoms with Gasteiger partial charge in [-0.15, -0.1) is 0 Å². The van der Waals surface area contributed by atoms with Gasteiger partial charge in [-0.1, -0.05) is 123 Å². The predicted octanol–water partition coefficient (Wildman–Crippen LogP) is 8.31. The van der Waals surface area contributed by atoms with Gasteiger partial charge in [0.1, 0.15) is 13.1 Å². The third kappa shape index (κ3) is 10.8. The smallest absolute Gasteiger partial charge is 0.120 e. The van der Waals surface area contributed by atoms with Crippen LogP contribution in [0.4, 0.5) is 0 Å². The van der Waals surface area contributed by atoms with Crippen LogP contribution in [0.3, 0.4) is 0 Å². The quantitative estimate of drug-likeness (QED) is 0.0902. The highest BCUT2D eigenvalue weighted by Crippen LogP contribution is 2.44. The van der Waals surface area contributed by atoms with Crippen LogP contribution >= 0.6 is 0 Å². The van der Waals surface area contributed by atoms with Gasteiger partial charge in [0.2, 0.25) is 0 Å². The van der Waals surface area contributed by atoms with Crippen LogP contribution in [0.5, 0.6) is 0 Å². The molecule has 48 heavy (non-hydrogen) atoms. The molecule has 0 bridgehead atoms. The molecule has 1 atom stereocenters. The first-order chi connectivity index (χ1) is 23.5. The van der Waals surface area contributed by atoms with Gasteiger partial charge in [-0.25, -0.2) is 0 Å². The number of allylic oxidation sites excluding steroid dienone is 2. The normalized spacial score (nSPS) is 11.3. The van der Waals surface area contributed by atoms with E-state index in [9.17, 15) is 4.79 Å². The van der Waals surface area contributed by atoms with Crippen LogP contribution in [-0.4, -0.2) is 38.7 Å². The number of nitrogens with two attached hydrogens (primary N) is 2. The standard InChI is InChI=1S/C18H18N2.C15H15N.C7H12O.CH5N.CH2O/c1-13(19)17(14-7-3-2-4-8-14)11-15-12-20-18-10-6-5-9-16(15)18;1-16-10-15-13-8-4-2-6-11(13)12-7-3-5-9-14(12)15;1-3-7(2)5-4-6-8;2*1-2/h2-10,12,17,20H,1,11,19H2;2-9,15-16H,10H2,1H3;6H,2-5H2,1H3;2H2,1H3;1H2. The minimum atomic E-state index is 0.149. The van der Waals surface area contributed by atoms with E-state index in [1.807, 2.05) is 45.0 Å². The van der Waals surface area contributed by atoms with Crippen molar-refractivity contribution in [2.45, 2.75) is 44.4 Å². The largest absolute Gasteiger partial charge is 0.402 e. The minimum Gasteiger partial charge on any atom is -0.402 e. The van der Waals surface area contributed by atoms with E-state index < -0.39 is 0 Å². The van der Waals surface area contributed by atoms with Crippen molar-refractivity contribution in [1.29, 1.82) is 0 Å². The van der Waals surface area contributed by atoms with E-state index >= 15 is 0 Å². The number of fused-ring (bicyclic) bond motifs is 4. The topological polar surface area (TPSA) is 114 Å². The Labute approximate surface area is 287 Å². The molecule has 0 saturated heterocycles. The predicted molar refractivity (Wildman–Crippen MR) is 204 cm³/mol. The number of benzene rings is 4. The summed E-state index contributed by atoms with van der Waals surface area (Å²) in [5.74, 6) is 0.660. The Hall–Kier alpha value is -5.04. The summed E-state index contributed by atoms with van der Waals surface area (Å²) in [6.07, 6.45) is 6.36. The van der Waals surface area contributed by atoms with Gasteiger partial charge >= 0.3 is 0 Å². The summed E-state index contributed by atoms with van der Waals surface area (Å²) in [6, 6.07) is 36.1. The fourth-order valence-electron chi connectivity index (χ4n) is 5.79. The SMILES string of the molecule is C=C(CC)CCC=O.C=C(N)C(Cc1c[nH]c2ccccc12)c1ccccc1.C=O.CN.CNCC1c2ccccc2-c2ccccc21. The Bertz CT molecular complexity index is 1650. The van der Waals surface area contributed by atoms with Crippen molar-refractivity contribution in [3.63, 3.8) is 0 Å². The third-order valence-corrected chi connectivity index (χ3v) is 8.24. The zero-order chi connectivity index (χ0) is 35.3. The monoisotopic (exact) mass is 644 g/mol. The molecule has 1 unspecified atom stereocenters. The average Bonchev–Trinajstić information content (AvgIpc) is 3.71. The lowest BCUT2D eigenvalue weighted by Crippen LogP contribution is -2.16. The average molecular weight is 645 g/mol. The summed E-state index contributed by atoms with van der Waals surface area (Å²) in [7, 11) is 3.52. The molecule has 1 aromatic heterocycles. The van der Waals surface area contributed by atoms with Crippen molar-refractivity contribution in [1.82, 2.24) is 10.3 Å². The first kappa shape index (κ1) is 39.1. The molecule has 0 radical (unpaired) electrons. The maximum Gasteiger partial charge on any atom is 0.120 e. The van der Waals surface area contributed by atoms with Crippen LogP contribution in [0.1, 0.15) is 60.3 Å². The third-order valence-electron chi connectivity index (χ3n) is 8.24. The number of aromatic amines is 1. The van der Waals surface area contributed by atoms with Gasteiger partial charge in [0.15, 0.2) is 0 Å². The first-order valence-corrected chi connectivity index (χ1v) is 16.3. The highest BCUT2D eigenvalue weighted by Gasteiger charge is 2.26.